The topological polar surface area (TPSA) is 41.8 Å². The van der Waals surface area contributed by atoms with Crippen LogP contribution < -0.4 is 5.73 Å². The molecule has 1 aromatic carbocycles. The normalized spacial score (nSPS) is 13.5. The number of aromatic nitrogens is 1. The summed E-state index contributed by atoms with van der Waals surface area (Å²) >= 11 is 0. The molecule has 0 amide bonds. The van der Waals surface area contributed by atoms with Gasteiger partial charge in [-0.2, -0.15) is 0 Å². The van der Waals surface area contributed by atoms with Gasteiger partial charge in [-0.05, 0) is 44.0 Å². The van der Waals surface area contributed by atoms with Crippen LogP contribution in [-0.4, -0.2) is 11.5 Å². The summed E-state index contributed by atoms with van der Waals surface area (Å²) in [6.07, 6.45) is 0. The Hall–Kier alpha value is -1.28. The van der Waals surface area contributed by atoms with Gasteiger partial charge in [0.25, 0.3) is 0 Å². The molecule has 0 aliphatic rings. The minimum atomic E-state index is 0.436. The lowest BCUT2D eigenvalue weighted by atomic mass is 9.86. The van der Waals surface area contributed by atoms with E-state index in [1.807, 2.05) is 0 Å². The van der Waals surface area contributed by atoms with Crippen molar-refractivity contribution in [2.45, 2.75) is 33.6 Å². The second kappa shape index (κ2) is 4.53. The fourth-order valence-electron chi connectivity index (χ4n) is 2.66. The zero-order valence-electron chi connectivity index (χ0n) is 11.2. The van der Waals surface area contributed by atoms with Crippen LogP contribution in [0.25, 0.3) is 10.9 Å². The van der Waals surface area contributed by atoms with Gasteiger partial charge in [-0.1, -0.05) is 25.5 Å². The van der Waals surface area contributed by atoms with Crippen molar-refractivity contribution < 1.29 is 0 Å². The Bertz CT molecular complexity index is 523. The molecule has 0 spiro atoms. The summed E-state index contributed by atoms with van der Waals surface area (Å²) in [4.78, 5) is 3.47. The summed E-state index contributed by atoms with van der Waals surface area (Å²) < 4.78 is 0. The monoisotopic (exact) mass is 230 g/mol. The molecule has 2 aromatic rings. The molecule has 3 N–H and O–H groups in total. The first-order valence-electron chi connectivity index (χ1n) is 6.33. The van der Waals surface area contributed by atoms with Crippen LogP contribution in [0.4, 0.5) is 0 Å². The third-order valence-corrected chi connectivity index (χ3v) is 3.62. The predicted molar refractivity (Wildman–Crippen MR) is 74.4 cm³/mol. The Morgan fingerprint density at radius 3 is 2.53 bits per heavy atom. The van der Waals surface area contributed by atoms with E-state index in [-0.39, 0.29) is 0 Å². The highest BCUT2D eigenvalue weighted by atomic mass is 14.7. The summed E-state index contributed by atoms with van der Waals surface area (Å²) in [6.45, 7) is 9.48. The molecule has 2 rings (SSSR count). The number of nitrogens with two attached hydrogens (primary N) is 1. The minimum Gasteiger partial charge on any atom is -0.358 e. The van der Waals surface area contributed by atoms with Crippen LogP contribution in [0.3, 0.4) is 0 Å². The quantitative estimate of drug-likeness (QED) is 0.832. The van der Waals surface area contributed by atoms with Gasteiger partial charge >= 0.3 is 0 Å². The third kappa shape index (κ3) is 2.09. The molecule has 1 heterocycles. The molecule has 0 saturated heterocycles. The van der Waals surface area contributed by atoms with E-state index in [1.54, 1.807) is 0 Å². The molecule has 2 nitrogen and oxygen atoms in total. The van der Waals surface area contributed by atoms with Crippen molar-refractivity contribution in [2.75, 3.05) is 6.54 Å². The molecule has 92 valence electrons. The molecule has 0 aliphatic heterocycles. The van der Waals surface area contributed by atoms with Gasteiger partial charge in [0.05, 0.1) is 0 Å². The molecule has 2 heteroatoms. The molecule has 0 aliphatic carbocycles. The molecule has 0 radical (unpaired) electrons. The van der Waals surface area contributed by atoms with Crippen LogP contribution >= 0.6 is 0 Å². The molecule has 1 atom stereocenters. The molecule has 0 bridgehead atoms. The number of aryl methyl sites for hydroxylation is 2. The Morgan fingerprint density at radius 1 is 1.24 bits per heavy atom. The highest BCUT2D eigenvalue weighted by Crippen LogP contribution is 2.33. The predicted octanol–water partition coefficient (Wildman–Crippen LogP) is 3.48. The molecule has 1 unspecified atom stereocenters. The van der Waals surface area contributed by atoms with Crippen molar-refractivity contribution in [1.82, 2.24) is 4.98 Å². The van der Waals surface area contributed by atoms with Gasteiger partial charge in [0.15, 0.2) is 0 Å². The lowest BCUT2D eigenvalue weighted by Crippen LogP contribution is -2.18. The van der Waals surface area contributed by atoms with Crippen LogP contribution in [0.5, 0.6) is 0 Å². The SMILES string of the molecule is Cc1ccc2[nH]c(C)c(C(CN)C(C)C)c2c1. The van der Waals surface area contributed by atoms with E-state index < -0.39 is 0 Å². The zero-order chi connectivity index (χ0) is 12.6. The maximum Gasteiger partial charge on any atom is 0.0459 e. The average Bonchev–Trinajstić information content (AvgIpc) is 2.56. The standard InChI is InChI=1S/C15H22N2/c1-9(2)13(8-16)15-11(4)17-14-6-5-10(3)7-12(14)15/h5-7,9,13,17H,8,16H2,1-4H3. The maximum absolute atomic E-state index is 5.95. The van der Waals surface area contributed by atoms with Gasteiger partial charge in [0.1, 0.15) is 0 Å². The van der Waals surface area contributed by atoms with Gasteiger partial charge in [0.2, 0.25) is 0 Å². The first kappa shape index (κ1) is 12.2. The van der Waals surface area contributed by atoms with Crippen molar-refractivity contribution in [3.8, 4) is 0 Å². The number of fused-ring (bicyclic) bond motifs is 1. The summed E-state index contributed by atoms with van der Waals surface area (Å²) in [7, 11) is 0. The largest absolute Gasteiger partial charge is 0.358 e. The third-order valence-electron chi connectivity index (χ3n) is 3.62. The fraction of sp³-hybridized carbons (Fsp3) is 0.467. The molecule has 0 fully saturated rings. The Kier molecular flexibility index (Phi) is 3.25. The number of hydrogen-bond donors (Lipinski definition) is 2. The summed E-state index contributed by atoms with van der Waals surface area (Å²) in [5.41, 5.74) is 11.1. The molecular weight excluding hydrogens is 208 g/mol. The lowest BCUT2D eigenvalue weighted by molar-refractivity contribution is 0.507. The molecular formula is C15H22N2. The summed E-state index contributed by atoms with van der Waals surface area (Å²) in [6, 6.07) is 6.57. The van der Waals surface area contributed by atoms with E-state index in [0.717, 1.165) is 0 Å². The highest BCUT2D eigenvalue weighted by molar-refractivity contribution is 5.86. The van der Waals surface area contributed by atoms with Crippen LogP contribution in [0.15, 0.2) is 18.2 Å². The van der Waals surface area contributed by atoms with Crippen molar-refractivity contribution in [3.63, 3.8) is 0 Å². The van der Waals surface area contributed by atoms with E-state index in [2.05, 4.69) is 50.9 Å². The molecule has 0 saturated carbocycles. The Labute approximate surface area is 103 Å². The number of hydrogen-bond acceptors (Lipinski definition) is 1. The van der Waals surface area contributed by atoms with E-state index in [9.17, 15) is 0 Å². The number of benzene rings is 1. The van der Waals surface area contributed by atoms with Crippen LogP contribution in [-0.2, 0) is 0 Å². The average molecular weight is 230 g/mol. The number of rotatable bonds is 3. The molecule has 1 aromatic heterocycles. The van der Waals surface area contributed by atoms with Gasteiger partial charge in [-0.15, -0.1) is 0 Å². The first-order chi connectivity index (χ1) is 8.04. The number of H-pyrrole nitrogens is 1. The van der Waals surface area contributed by atoms with Crippen LogP contribution in [0, 0.1) is 19.8 Å². The lowest BCUT2D eigenvalue weighted by Gasteiger charge is -2.19. The second-order valence-corrected chi connectivity index (χ2v) is 5.30. The Morgan fingerprint density at radius 2 is 1.94 bits per heavy atom. The van der Waals surface area contributed by atoms with Gasteiger partial charge < -0.3 is 10.7 Å². The van der Waals surface area contributed by atoms with Crippen molar-refractivity contribution >= 4 is 10.9 Å². The first-order valence-corrected chi connectivity index (χ1v) is 6.33. The maximum atomic E-state index is 5.95. The van der Waals surface area contributed by atoms with Gasteiger partial charge in [0, 0.05) is 22.5 Å². The number of aromatic amines is 1. The summed E-state index contributed by atoms with van der Waals surface area (Å²) in [5.74, 6) is 1.00. The second-order valence-electron chi connectivity index (χ2n) is 5.30. The van der Waals surface area contributed by atoms with Crippen LogP contribution in [0.1, 0.15) is 36.6 Å². The van der Waals surface area contributed by atoms with E-state index in [0.29, 0.717) is 18.4 Å². The Balaban J connectivity index is 2.66. The number of nitrogens with one attached hydrogen (secondary N) is 1. The van der Waals surface area contributed by atoms with E-state index in [4.69, 9.17) is 5.73 Å². The van der Waals surface area contributed by atoms with Crippen molar-refractivity contribution in [1.29, 1.82) is 0 Å². The summed E-state index contributed by atoms with van der Waals surface area (Å²) in [5, 5.41) is 1.34. The van der Waals surface area contributed by atoms with Crippen molar-refractivity contribution in [3.05, 3.63) is 35.0 Å². The van der Waals surface area contributed by atoms with Crippen molar-refractivity contribution in [2.24, 2.45) is 11.7 Å². The van der Waals surface area contributed by atoms with E-state index in [1.165, 1.54) is 27.7 Å². The van der Waals surface area contributed by atoms with E-state index >= 15 is 0 Å². The van der Waals surface area contributed by atoms with Gasteiger partial charge in [-0.25, -0.2) is 0 Å². The highest BCUT2D eigenvalue weighted by Gasteiger charge is 2.20. The minimum absolute atomic E-state index is 0.436. The fourth-order valence-corrected chi connectivity index (χ4v) is 2.66. The molecule has 17 heavy (non-hydrogen) atoms. The zero-order valence-corrected chi connectivity index (χ0v) is 11.2. The van der Waals surface area contributed by atoms with Crippen LogP contribution in [0.2, 0.25) is 0 Å². The smallest absolute Gasteiger partial charge is 0.0459 e. The van der Waals surface area contributed by atoms with Gasteiger partial charge in [-0.3, -0.25) is 0 Å².